The number of benzene rings is 1. The van der Waals surface area contributed by atoms with Crippen LogP contribution in [0.25, 0.3) is 0 Å². The maximum absolute atomic E-state index is 13.0. The lowest BCUT2D eigenvalue weighted by Gasteiger charge is -2.33. The van der Waals surface area contributed by atoms with E-state index in [1.165, 1.54) is 0 Å². The highest BCUT2D eigenvalue weighted by Crippen LogP contribution is 2.38. The van der Waals surface area contributed by atoms with Crippen LogP contribution in [0.15, 0.2) is 30.0 Å². The number of likely N-dealkylation sites (tertiary alicyclic amines) is 1. The highest BCUT2D eigenvalue weighted by molar-refractivity contribution is 5.91. The lowest BCUT2D eigenvalue weighted by Crippen LogP contribution is -2.39. The summed E-state index contributed by atoms with van der Waals surface area (Å²) in [6.07, 6.45) is 5.74. The van der Waals surface area contributed by atoms with Crippen LogP contribution in [0.5, 0.6) is 11.5 Å². The molecular weight excluding hydrogens is 362 g/mol. The van der Waals surface area contributed by atoms with Gasteiger partial charge in [0.05, 0.1) is 6.61 Å². The van der Waals surface area contributed by atoms with Gasteiger partial charge in [0.15, 0.2) is 17.3 Å². The fraction of sp³-hybridized carbons (Fsp3) is 0.571. The number of aliphatic hydroxyl groups is 1. The molecule has 0 radical (unpaired) electrons. The molecular formula is C21H27NO6. The zero-order valence-corrected chi connectivity index (χ0v) is 16.0. The Kier molecular flexibility index (Phi) is 6.02. The summed E-state index contributed by atoms with van der Waals surface area (Å²) >= 11 is 0. The Hall–Kier alpha value is -2.25. The van der Waals surface area contributed by atoms with Crippen molar-refractivity contribution in [2.75, 3.05) is 33.1 Å². The number of piperidine rings is 1. The van der Waals surface area contributed by atoms with Gasteiger partial charge >= 0.3 is 0 Å². The molecule has 3 aliphatic heterocycles. The van der Waals surface area contributed by atoms with Gasteiger partial charge in [0.25, 0.3) is 5.91 Å². The lowest BCUT2D eigenvalue weighted by molar-refractivity contribution is -0.153. The molecule has 3 aliphatic rings. The molecule has 7 heteroatoms. The Bertz CT molecular complexity index is 728. The van der Waals surface area contributed by atoms with Gasteiger partial charge in [-0.25, -0.2) is 0 Å². The van der Waals surface area contributed by atoms with Gasteiger partial charge in [0.2, 0.25) is 13.1 Å². The summed E-state index contributed by atoms with van der Waals surface area (Å²) in [4.78, 5) is 14.8. The summed E-state index contributed by atoms with van der Waals surface area (Å²) in [6, 6.07) is 5.85. The molecule has 0 spiro atoms. The number of fused-ring (bicyclic) bond motifs is 1. The van der Waals surface area contributed by atoms with Gasteiger partial charge in [-0.05, 0) is 49.5 Å². The Morgan fingerprint density at radius 2 is 2.00 bits per heavy atom. The number of ether oxygens (including phenoxy) is 4. The number of carbonyl (C=O) groups excluding carboxylic acids is 1. The van der Waals surface area contributed by atoms with Crippen LogP contribution in [0.3, 0.4) is 0 Å². The van der Waals surface area contributed by atoms with Gasteiger partial charge in [-0.15, -0.1) is 0 Å². The Morgan fingerprint density at radius 3 is 2.82 bits per heavy atom. The van der Waals surface area contributed by atoms with E-state index in [0.29, 0.717) is 25.2 Å². The fourth-order valence-electron chi connectivity index (χ4n) is 3.82. The van der Waals surface area contributed by atoms with Gasteiger partial charge in [-0.2, -0.15) is 0 Å². The van der Waals surface area contributed by atoms with Gasteiger partial charge in [0, 0.05) is 32.0 Å². The van der Waals surface area contributed by atoms with Crippen LogP contribution in [0, 0.1) is 0 Å². The minimum atomic E-state index is -0.518. The van der Waals surface area contributed by atoms with E-state index < -0.39 is 6.29 Å². The molecule has 1 N–H and O–H groups in total. The summed E-state index contributed by atoms with van der Waals surface area (Å²) in [5.74, 6) is 1.72. The summed E-state index contributed by atoms with van der Waals surface area (Å²) < 4.78 is 22.6. The highest BCUT2D eigenvalue weighted by Gasteiger charge is 2.32. The van der Waals surface area contributed by atoms with E-state index in [9.17, 15) is 4.79 Å². The van der Waals surface area contributed by atoms with Crippen LogP contribution in [0.2, 0.25) is 0 Å². The summed E-state index contributed by atoms with van der Waals surface area (Å²) in [6.45, 7) is 2.22. The third-order valence-electron chi connectivity index (χ3n) is 5.34. The predicted molar refractivity (Wildman–Crippen MR) is 101 cm³/mol. The first kappa shape index (κ1) is 19.1. The molecule has 1 fully saturated rings. The largest absolute Gasteiger partial charge is 0.459 e. The van der Waals surface area contributed by atoms with Crippen molar-refractivity contribution < 1.29 is 28.8 Å². The molecule has 3 heterocycles. The van der Waals surface area contributed by atoms with Crippen molar-refractivity contribution in [3.8, 4) is 11.5 Å². The van der Waals surface area contributed by atoms with Crippen LogP contribution in [-0.2, 0) is 14.3 Å². The van der Waals surface area contributed by atoms with E-state index in [1.807, 2.05) is 29.2 Å². The molecule has 0 aliphatic carbocycles. The second-order valence-corrected chi connectivity index (χ2v) is 7.33. The molecule has 1 saturated heterocycles. The Morgan fingerprint density at radius 1 is 1.18 bits per heavy atom. The fourth-order valence-corrected chi connectivity index (χ4v) is 3.82. The van der Waals surface area contributed by atoms with Crippen LogP contribution in [-0.4, -0.2) is 55.3 Å². The number of carbonyl (C=O) groups is 1. The second-order valence-electron chi connectivity index (χ2n) is 7.33. The van der Waals surface area contributed by atoms with Crippen LogP contribution < -0.4 is 9.47 Å². The van der Waals surface area contributed by atoms with E-state index in [1.54, 1.807) is 0 Å². The van der Waals surface area contributed by atoms with E-state index >= 15 is 0 Å². The first-order valence-electron chi connectivity index (χ1n) is 10.0. The van der Waals surface area contributed by atoms with Gasteiger partial charge in [0.1, 0.15) is 0 Å². The Labute approximate surface area is 164 Å². The molecule has 2 atom stereocenters. The topological polar surface area (TPSA) is 77.5 Å². The summed E-state index contributed by atoms with van der Waals surface area (Å²) in [5, 5.41) is 9.01. The lowest BCUT2D eigenvalue weighted by atomic mass is 9.92. The molecule has 1 amide bonds. The maximum atomic E-state index is 13.0. The first-order valence-corrected chi connectivity index (χ1v) is 10.0. The minimum absolute atomic E-state index is 0.0221. The maximum Gasteiger partial charge on any atom is 0.288 e. The predicted octanol–water partition coefficient (Wildman–Crippen LogP) is 2.54. The first-order chi connectivity index (χ1) is 13.7. The molecule has 28 heavy (non-hydrogen) atoms. The summed E-state index contributed by atoms with van der Waals surface area (Å²) in [7, 11) is 0. The van der Waals surface area contributed by atoms with Crippen LogP contribution in [0.1, 0.15) is 43.6 Å². The van der Waals surface area contributed by atoms with Gasteiger partial charge in [-0.3, -0.25) is 4.79 Å². The van der Waals surface area contributed by atoms with Crippen molar-refractivity contribution >= 4 is 5.91 Å². The third-order valence-corrected chi connectivity index (χ3v) is 5.34. The molecule has 0 saturated carbocycles. The van der Waals surface area contributed by atoms with Crippen molar-refractivity contribution in [2.45, 2.75) is 44.3 Å². The van der Waals surface area contributed by atoms with Crippen molar-refractivity contribution in [3.63, 3.8) is 0 Å². The average Bonchev–Trinajstić information content (AvgIpc) is 3.22. The molecule has 1 aromatic carbocycles. The monoisotopic (exact) mass is 389 g/mol. The molecule has 4 rings (SSSR count). The molecule has 1 aromatic rings. The van der Waals surface area contributed by atoms with Crippen molar-refractivity contribution in [3.05, 3.63) is 35.6 Å². The molecule has 152 valence electrons. The number of hydrogen-bond acceptors (Lipinski definition) is 6. The minimum Gasteiger partial charge on any atom is -0.459 e. The Balaban J connectivity index is 1.55. The van der Waals surface area contributed by atoms with Crippen LogP contribution in [0.4, 0.5) is 0 Å². The van der Waals surface area contributed by atoms with Gasteiger partial charge < -0.3 is 29.0 Å². The second kappa shape index (κ2) is 8.84. The standard InChI is InChI=1S/C21H27NO6/c23-9-4-10-25-20-13-16(15-5-6-17-18(11-15)27-14-26-17)12-19(28-20)21(24)22-7-2-1-3-8-22/h5-6,11-12,16,20,23H,1-4,7-10,13-14H2/t16-,20+/m1/s1. The zero-order valence-electron chi connectivity index (χ0n) is 16.0. The normalized spacial score (nSPS) is 23.9. The summed E-state index contributed by atoms with van der Waals surface area (Å²) in [5.41, 5.74) is 1.03. The third kappa shape index (κ3) is 4.25. The van der Waals surface area contributed by atoms with E-state index in [-0.39, 0.29) is 25.2 Å². The van der Waals surface area contributed by atoms with Crippen LogP contribution >= 0.6 is 0 Å². The van der Waals surface area contributed by atoms with Crippen molar-refractivity contribution in [1.82, 2.24) is 4.90 Å². The molecule has 0 aromatic heterocycles. The number of allylic oxidation sites excluding steroid dienone is 1. The smallest absolute Gasteiger partial charge is 0.288 e. The number of rotatable bonds is 6. The van der Waals surface area contributed by atoms with Crippen molar-refractivity contribution in [2.24, 2.45) is 0 Å². The molecule has 7 nitrogen and oxygen atoms in total. The number of nitrogens with zero attached hydrogens (tertiary/aromatic N) is 1. The van der Waals surface area contributed by atoms with E-state index in [2.05, 4.69) is 0 Å². The SMILES string of the molecule is O=C(C1=C[C@@H](c2ccc3c(c2)OCO3)C[C@@H](OCCCO)O1)N1CCCCC1. The molecule has 0 bridgehead atoms. The number of hydrogen-bond donors (Lipinski definition) is 1. The molecule has 0 unspecified atom stereocenters. The van der Waals surface area contributed by atoms with E-state index in [4.69, 9.17) is 24.1 Å². The van der Waals surface area contributed by atoms with Crippen molar-refractivity contribution in [1.29, 1.82) is 0 Å². The quantitative estimate of drug-likeness (QED) is 0.754. The highest BCUT2D eigenvalue weighted by atomic mass is 16.7. The number of amides is 1. The number of aliphatic hydroxyl groups excluding tert-OH is 1. The van der Waals surface area contributed by atoms with E-state index in [0.717, 1.165) is 49.4 Å². The average molecular weight is 389 g/mol. The van der Waals surface area contributed by atoms with Gasteiger partial charge in [-0.1, -0.05) is 6.07 Å². The zero-order chi connectivity index (χ0) is 19.3.